The summed E-state index contributed by atoms with van der Waals surface area (Å²) in [5.74, 6) is 1.92. The van der Waals surface area contributed by atoms with Gasteiger partial charge in [-0.25, -0.2) is 0 Å². The Morgan fingerprint density at radius 2 is 2.27 bits per heavy atom. The van der Waals surface area contributed by atoms with E-state index in [1.54, 1.807) is 0 Å². The maximum atomic E-state index is 12.1. The van der Waals surface area contributed by atoms with Crippen LogP contribution in [0.5, 0.6) is 5.75 Å². The molecule has 0 bridgehead atoms. The second-order valence-corrected chi connectivity index (χ2v) is 6.14. The molecule has 1 aromatic rings. The second kappa shape index (κ2) is 9.70. The minimum absolute atomic E-state index is 0. The van der Waals surface area contributed by atoms with Crippen molar-refractivity contribution in [1.29, 1.82) is 0 Å². The third kappa shape index (κ3) is 6.24. The molecule has 0 aromatic heterocycles. The van der Waals surface area contributed by atoms with Crippen LogP contribution in [0.2, 0.25) is 0 Å². The fourth-order valence-corrected chi connectivity index (χ4v) is 2.44. The van der Waals surface area contributed by atoms with E-state index in [2.05, 4.69) is 24.5 Å². The van der Waals surface area contributed by atoms with Crippen molar-refractivity contribution in [3.8, 4) is 5.75 Å². The lowest BCUT2D eigenvalue weighted by Crippen LogP contribution is -2.26. The molecule has 124 valence electrons. The van der Waals surface area contributed by atoms with Crippen molar-refractivity contribution < 1.29 is 9.53 Å². The van der Waals surface area contributed by atoms with E-state index in [9.17, 15) is 4.79 Å². The fourth-order valence-electron chi connectivity index (χ4n) is 2.44. The Hall–Kier alpha value is -1.26. The molecule has 2 N–H and O–H groups in total. The zero-order chi connectivity index (χ0) is 15.1. The summed E-state index contributed by atoms with van der Waals surface area (Å²) in [6.07, 6.45) is 2.26. The maximum absolute atomic E-state index is 12.1. The minimum atomic E-state index is -0.0176. The molecule has 1 heterocycles. The summed E-state index contributed by atoms with van der Waals surface area (Å²) in [7, 11) is 0. The average molecular weight is 327 g/mol. The number of hydrogen-bond acceptors (Lipinski definition) is 3. The number of hydrogen-bond donors (Lipinski definition) is 2. The summed E-state index contributed by atoms with van der Waals surface area (Å²) in [6, 6.07) is 7.40. The molecule has 2 rings (SSSR count). The first-order valence-electron chi connectivity index (χ1n) is 7.87. The van der Waals surface area contributed by atoms with Gasteiger partial charge in [-0.1, -0.05) is 19.9 Å². The zero-order valence-corrected chi connectivity index (χ0v) is 14.2. The summed E-state index contributed by atoms with van der Waals surface area (Å²) < 4.78 is 5.66. The highest BCUT2D eigenvalue weighted by Crippen LogP contribution is 2.15. The monoisotopic (exact) mass is 326 g/mol. The summed E-state index contributed by atoms with van der Waals surface area (Å²) >= 11 is 0. The van der Waals surface area contributed by atoms with Gasteiger partial charge in [0.2, 0.25) is 0 Å². The summed E-state index contributed by atoms with van der Waals surface area (Å²) in [4.78, 5) is 12.1. The van der Waals surface area contributed by atoms with Crippen LogP contribution in [0.25, 0.3) is 0 Å². The smallest absolute Gasteiger partial charge is 0.251 e. The zero-order valence-electron chi connectivity index (χ0n) is 13.4. The predicted molar refractivity (Wildman–Crippen MR) is 91.9 cm³/mol. The highest BCUT2D eigenvalue weighted by molar-refractivity contribution is 5.94. The number of rotatable bonds is 7. The summed E-state index contributed by atoms with van der Waals surface area (Å²) in [6.45, 7) is 7.80. The predicted octanol–water partition coefficient (Wildman–Crippen LogP) is 2.87. The van der Waals surface area contributed by atoms with Crippen LogP contribution >= 0.6 is 12.4 Å². The molecule has 1 aromatic carbocycles. The molecule has 1 amide bonds. The second-order valence-electron chi connectivity index (χ2n) is 6.14. The highest BCUT2D eigenvalue weighted by atomic mass is 35.5. The number of nitrogens with one attached hydrogen (secondary N) is 2. The van der Waals surface area contributed by atoms with E-state index in [0.29, 0.717) is 24.0 Å². The molecule has 0 saturated carbocycles. The van der Waals surface area contributed by atoms with Crippen molar-refractivity contribution in [2.45, 2.75) is 26.7 Å². The Morgan fingerprint density at radius 1 is 1.45 bits per heavy atom. The first-order chi connectivity index (χ1) is 10.1. The quantitative estimate of drug-likeness (QED) is 0.810. The third-order valence-electron chi connectivity index (χ3n) is 3.68. The standard InChI is InChI=1S/C17H26N2O2.ClH/c1-13(2)12-21-16-5-3-4-15(10-16)17(20)19-9-7-14-6-8-18-11-14;/h3-5,10,13-14,18H,6-9,11-12H2,1-2H3,(H,19,20);1H. The Balaban J connectivity index is 0.00000242. The van der Waals surface area contributed by atoms with E-state index in [0.717, 1.165) is 31.8 Å². The van der Waals surface area contributed by atoms with Crippen LogP contribution in [0.4, 0.5) is 0 Å². The molecule has 22 heavy (non-hydrogen) atoms. The number of ether oxygens (including phenoxy) is 1. The number of carbonyl (C=O) groups is 1. The van der Waals surface area contributed by atoms with Gasteiger partial charge < -0.3 is 15.4 Å². The van der Waals surface area contributed by atoms with E-state index in [1.807, 2.05) is 24.3 Å². The Bertz CT molecular complexity index is 460. The van der Waals surface area contributed by atoms with E-state index < -0.39 is 0 Å². The van der Waals surface area contributed by atoms with Gasteiger partial charge in [-0.2, -0.15) is 0 Å². The SMILES string of the molecule is CC(C)COc1cccc(C(=O)NCCC2CCNC2)c1.Cl. The first kappa shape index (κ1) is 18.8. The van der Waals surface area contributed by atoms with Crippen molar-refractivity contribution in [3.05, 3.63) is 29.8 Å². The van der Waals surface area contributed by atoms with Gasteiger partial charge in [-0.05, 0) is 56.0 Å². The van der Waals surface area contributed by atoms with Crippen molar-refractivity contribution in [2.24, 2.45) is 11.8 Å². The summed E-state index contributed by atoms with van der Waals surface area (Å²) in [5.41, 5.74) is 0.667. The van der Waals surface area contributed by atoms with Crippen LogP contribution < -0.4 is 15.4 Å². The van der Waals surface area contributed by atoms with Crippen LogP contribution in [0.3, 0.4) is 0 Å². The molecule has 4 nitrogen and oxygen atoms in total. The summed E-state index contributed by atoms with van der Waals surface area (Å²) in [5, 5.41) is 6.34. The van der Waals surface area contributed by atoms with E-state index >= 15 is 0 Å². The number of carbonyl (C=O) groups excluding carboxylic acids is 1. The molecule has 0 spiro atoms. The number of benzene rings is 1. The van der Waals surface area contributed by atoms with Gasteiger partial charge in [-0.3, -0.25) is 4.79 Å². The van der Waals surface area contributed by atoms with Gasteiger partial charge >= 0.3 is 0 Å². The fraction of sp³-hybridized carbons (Fsp3) is 0.588. The van der Waals surface area contributed by atoms with Crippen LogP contribution in [-0.4, -0.2) is 32.1 Å². The van der Waals surface area contributed by atoms with Crippen LogP contribution in [0.15, 0.2) is 24.3 Å². The molecule has 0 aliphatic carbocycles. The third-order valence-corrected chi connectivity index (χ3v) is 3.68. The molecular formula is C17H27ClN2O2. The topological polar surface area (TPSA) is 50.4 Å². The van der Waals surface area contributed by atoms with Crippen molar-refractivity contribution in [1.82, 2.24) is 10.6 Å². The highest BCUT2D eigenvalue weighted by Gasteiger charge is 2.14. The van der Waals surface area contributed by atoms with Gasteiger partial charge in [0, 0.05) is 12.1 Å². The first-order valence-corrected chi connectivity index (χ1v) is 7.87. The molecule has 1 saturated heterocycles. The molecule has 1 atom stereocenters. The maximum Gasteiger partial charge on any atom is 0.251 e. The van der Waals surface area contributed by atoms with Crippen LogP contribution in [0, 0.1) is 11.8 Å². The van der Waals surface area contributed by atoms with Gasteiger partial charge in [0.25, 0.3) is 5.91 Å². The molecule has 1 fully saturated rings. The lowest BCUT2D eigenvalue weighted by Gasteiger charge is -2.11. The Kier molecular flexibility index (Phi) is 8.28. The molecular weight excluding hydrogens is 300 g/mol. The molecule has 0 radical (unpaired) electrons. The molecule has 1 aliphatic rings. The van der Waals surface area contributed by atoms with Crippen LogP contribution in [-0.2, 0) is 0 Å². The molecule has 1 unspecified atom stereocenters. The van der Waals surface area contributed by atoms with Crippen molar-refractivity contribution in [3.63, 3.8) is 0 Å². The lowest BCUT2D eigenvalue weighted by molar-refractivity contribution is 0.0951. The number of amides is 1. The normalized spacial score (nSPS) is 17.1. The molecule has 5 heteroatoms. The Labute approximate surface area is 139 Å². The van der Waals surface area contributed by atoms with E-state index in [-0.39, 0.29) is 18.3 Å². The largest absolute Gasteiger partial charge is 0.493 e. The molecule has 1 aliphatic heterocycles. The van der Waals surface area contributed by atoms with E-state index in [4.69, 9.17) is 4.74 Å². The number of halogens is 1. The lowest BCUT2D eigenvalue weighted by atomic mass is 10.1. The van der Waals surface area contributed by atoms with Gasteiger partial charge in [0.15, 0.2) is 0 Å². The van der Waals surface area contributed by atoms with Crippen molar-refractivity contribution in [2.75, 3.05) is 26.2 Å². The van der Waals surface area contributed by atoms with E-state index in [1.165, 1.54) is 6.42 Å². The Morgan fingerprint density at radius 3 is 2.95 bits per heavy atom. The van der Waals surface area contributed by atoms with Crippen LogP contribution in [0.1, 0.15) is 37.0 Å². The van der Waals surface area contributed by atoms with Gasteiger partial charge in [0.1, 0.15) is 5.75 Å². The minimum Gasteiger partial charge on any atom is -0.493 e. The average Bonchev–Trinajstić information content (AvgIpc) is 2.98. The van der Waals surface area contributed by atoms with Crippen molar-refractivity contribution >= 4 is 18.3 Å². The van der Waals surface area contributed by atoms with Gasteiger partial charge in [-0.15, -0.1) is 12.4 Å². The van der Waals surface area contributed by atoms with Gasteiger partial charge in [0.05, 0.1) is 6.61 Å².